The van der Waals surface area contributed by atoms with Gasteiger partial charge in [0.2, 0.25) is 5.91 Å². The first kappa shape index (κ1) is 33.3. The van der Waals surface area contributed by atoms with Gasteiger partial charge < -0.3 is 88.1 Å². The first-order chi connectivity index (χ1) is 18.9. The van der Waals surface area contributed by atoms with E-state index in [0.29, 0.717) is 0 Å². The lowest BCUT2D eigenvalue weighted by Gasteiger charge is -2.49. The van der Waals surface area contributed by atoms with E-state index in [1.54, 1.807) is 0 Å². The van der Waals surface area contributed by atoms with Crippen molar-refractivity contribution < 1.29 is 64.6 Å². The van der Waals surface area contributed by atoms with Crippen molar-refractivity contribution in [1.29, 1.82) is 0 Å². The number of aliphatic hydroxyl groups excluding tert-OH is 8. The highest BCUT2D eigenvalue weighted by atomic mass is 16.7. The van der Waals surface area contributed by atoms with Gasteiger partial charge in [-0.2, -0.15) is 0 Å². The molecule has 7 unspecified atom stereocenters. The Morgan fingerprint density at radius 1 is 0.850 bits per heavy atom. The van der Waals surface area contributed by atoms with Gasteiger partial charge in [0.1, 0.15) is 67.1 Å². The van der Waals surface area contributed by atoms with Crippen molar-refractivity contribution in [2.75, 3.05) is 19.7 Å². The fourth-order valence-electron chi connectivity index (χ4n) is 5.07. The molecule has 3 fully saturated rings. The summed E-state index contributed by atoms with van der Waals surface area (Å²) in [5.74, 6) is -0.845. The standard InChI is InChI=1S/C22H43N5O13/c23-2-1-8(29)20(36)27-7-3-6(25)18(39-22-16(34)15(33)13(31)9(4-24)37-22)17(35)19(7)40-21-14(32)11(26)12(30)10(5-28)38-21/h6-19,21-22,28-35H,1-5,23-26H2,(H,27,36)/t6?,7-,8+,9-,10?,11?,12-,13-,14?,15?,16?,17+,18-,19?,21-,22-/m1/s1. The fraction of sp³-hybridized carbons (Fsp3) is 0.955. The van der Waals surface area contributed by atoms with Gasteiger partial charge in [0.15, 0.2) is 12.6 Å². The van der Waals surface area contributed by atoms with Gasteiger partial charge in [0.25, 0.3) is 0 Å². The van der Waals surface area contributed by atoms with Crippen LogP contribution < -0.4 is 28.3 Å². The Hall–Kier alpha value is -1.17. The minimum atomic E-state index is -1.76. The second-order valence-electron chi connectivity index (χ2n) is 10.3. The highest BCUT2D eigenvalue weighted by molar-refractivity contribution is 5.80. The molecule has 18 heteroatoms. The Morgan fingerprint density at radius 2 is 1.45 bits per heavy atom. The molecule has 0 radical (unpaired) electrons. The number of carbonyl (C=O) groups excluding carboxylic acids is 1. The van der Waals surface area contributed by atoms with Gasteiger partial charge in [0.05, 0.1) is 18.7 Å². The van der Waals surface area contributed by atoms with Crippen LogP contribution in [0.5, 0.6) is 0 Å². The molecule has 0 aromatic carbocycles. The Bertz CT molecular complexity index is 815. The zero-order valence-corrected chi connectivity index (χ0v) is 21.7. The maximum atomic E-state index is 12.6. The molecule has 0 spiro atoms. The van der Waals surface area contributed by atoms with E-state index >= 15 is 0 Å². The highest BCUT2D eigenvalue weighted by Crippen LogP contribution is 2.32. The Labute approximate surface area is 229 Å². The fourth-order valence-corrected chi connectivity index (χ4v) is 5.07. The normalized spacial score (nSPS) is 47.0. The summed E-state index contributed by atoms with van der Waals surface area (Å²) in [6.07, 6.45) is -19.8. The molecule has 18 nitrogen and oxygen atoms in total. The summed E-state index contributed by atoms with van der Waals surface area (Å²) in [5.41, 5.74) is 23.1. The molecule has 0 aromatic rings. The first-order valence-corrected chi connectivity index (χ1v) is 13.1. The van der Waals surface area contributed by atoms with Crippen molar-refractivity contribution >= 4 is 5.91 Å². The Kier molecular flexibility index (Phi) is 11.9. The maximum absolute atomic E-state index is 12.6. The molecular weight excluding hydrogens is 542 g/mol. The van der Waals surface area contributed by atoms with E-state index < -0.39 is 110 Å². The van der Waals surface area contributed by atoms with E-state index in [1.807, 2.05) is 0 Å². The van der Waals surface area contributed by atoms with Gasteiger partial charge >= 0.3 is 0 Å². The van der Waals surface area contributed by atoms with E-state index in [2.05, 4.69) is 5.32 Å². The molecule has 1 aliphatic carbocycles. The van der Waals surface area contributed by atoms with E-state index in [4.69, 9.17) is 41.9 Å². The lowest BCUT2D eigenvalue weighted by molar-refractivity contribution is -0.332. The van der Waals surface area contributed by atoms with Crippen LogP contribution in [0.3, 0.4) is 0 Å². The molecule has 2 aliphatic heterocycles. The minimum Gasteiger partial charge on any atom is -0.394 e. The average molecular weight is 586 g/mol. The molecule has 40 heavy (non-hydrogen) atoms. The van der Waals surface area contributed by atoms with Gasteiger partial charge in [-0.05, 0) is 19.4 Å². The van der Waals surface area contributed by atoms with E-state index in [9.17, 15) is 45.6 Å². The number of hydrogen-bond acceptors (Lipinski definition) is 17. The zero-order valence-electron chi connectivity index (χ0n) is 21.7. The number of amides is 1. The third kappa shape index (κ3) is 7.06. The number of rotatable bonds is 10. The van der Waals surface area contributed by atoms with Crippen LogP contribution in [0.25, 0.3) is 0 Å². The van der Waals surface area contributed by atoms with Crippen molar-refractivity contribution in [2.45, 2.75) is 111 Å². The van der Waals surface area contributed by atoms with Crippen molar-refractivity contribution in [1.82, 2.24) is 5.32 Å². The molecular formula is C22H43N5O13. The average Bonchev–Trinajstić information content (AvgIpc) is 2.92. The SMILES string of the molecule is NCC[C@H](O)C(=O)N[C@@H]1CC(N)[C@@H](O[C@H]2O[C@H](CN)[C@@H](O)C(O)C2O)[C@H](O)C1O[C@H]1OC(CO)[C@@H](O)C(N)C1O. The van der Waals surface area contributed by atoms with Crippen LogP contribution in [0.2, 0.25) is 0 Å². The maximum Gasteiger partial charge on any atom is 0.249 e. The van der Waals surface area contributed by atoms with Crippen LogP contribution in [-0.2, 0) is 23.7 Å². The number of ether oxygens (including phenoxy) is 4. The molecule has 234 valence electrons. The van der Waals surface area contributed by atoms with E-state index in [1.165, 1.54) is 0 Å². The molecule has 3 aliphatic rings. The quantitative estimate of drug-likeness (QED) is 0.113. The monoisotopic (exact) mass is 585 g/mol. The topological polar surface area (TPSA) is 332 Å². The van der Waals surface area contributed by atoms with Crippen LogP contribution in [0.15, 0.2) is 0 Å². The first-order valence-electron chi connectivity index (χ1n) is 13.1. The van der Waals surface area contributed by atoms with Crippen molar-refractivity contribution in [3.8, 4) is 0 Å². The molecule has 0 aromatic heterocycles. The van der Waals surface area contributed by atoms with E-state index in [0.717, 1.165) is 0 Å². The Balaban J connectivity index is 1.85. The van der Waals surface area contributed by atoms with Crippen LogP contribution in [0.4, 0.5) is 0 Å². The van der Waals surface area contributed by atoms with Crippen molar-refractivity contribution in [3.05, 3.63) is 0 Å². The van der Waals surface area contributed by atoms with Crippen LogP contribution in [0.1, 0.15) is 12.8 Å². The van der Waals surface area contributed by atoms with Crippen LogP contribution >= 0.6 is 0 Å². The summed E-state index contributed by atoms with van der Waals surface area (Å²) >= 11 is 0. The summed E-state index contributed by atoms with van der Waals surface area (Å²) in [4.78, 5) is 12.6. The molecule has 0 bridgehead atoms. The summed E-state index contributed by atoms with van der Waals surface area (Å²) in [6.45, 7) is -0.898. The van der Waals surface area contributed by atoms with Crippen molar-refractivity contribution in [2.24, 2.45) is 22.9 Å². The lowest BCUT2D eigenvalue weighted by Crippen LogP contribution is -2.69. The van der Waals surface area contributed by atoms with Gasteiger partial charge in [-0.3, -0.25) is 4.79 Å². The smallest absolute Gasteiger partial charge is 0.249 e. The van der Waals surface area contributed by atoms with E-state index in [-0.39, 0.29) is 25.9 Å². The zero-order chi connectivity index (χ0) is 29.9. The third-order valence-electron chi connectivity index (χ3n) is 7.51. The summed E-state index contributed by atoms with van der Waals surface area (Å²) in [5, 5.41) is 84.9. The van der Waals surface area contributed by atoms with Gasteiger partial charge in [-0.25, -0.2) is 0 Å². The second-order valence-corrected chi connectivity index (χ2v) is 10.3. The molecule has 2 saturated heterocycles. The number of nitrogens with one attached hydrogen (secondary N) is 1. The predicted molar refractivity (Wildman–Crippen MR) is 131 cm³/mol. The molecule has 1 saturated carbocycles. The largest absolute Gasteiger partial charge is 0.394 e. The molecule has 3 rings (SSSR count). The highest BCUT2D eigenvalue weighted by Gasteiger charge is 2.52. The van der Waals surface area contributed by atoms with Crippen molar-refractivity contribution in [3.63, 3.8) is 0 Å². The Morgan fingerprint density at radius 3 is 2.05 bits per heavy atom. The molecule has 2 heterocycles. The number of carbonyl (C=O) groups is 1. The number of hydrogen-bond donors (Lipinski definition) is 13. The van der Waals surface area contributed by atoms with Gasteiger partial charge in [-0.1, -0.05) is 0 Å². The summed E-state index contributed by atoms with van der Waals surface area (Å²) < 4.78 is 22.5. The number of aliphatic hydroxyl groups is 8. The van der Waals surface area contributed by atoms with Gasteiger partial charge in [0, 0.05) is 12.6 Å². The predicted octanol–water partition coefficient (Wildman–Crippen LogP) is -8.42. The van der Waals surface area contributed by atoms with Crippen LogP contribution in [0, 0.1) is 0 Å². The van der Waals surface area contributed by atoms with Crippen LogP contribution in [-0.4, -0.2) is 164 Å². The molecule has 16 atom stereocenters. The number of nitrogens with two attached hydrogens (primary N) is 4. The molecule has 17 N–H and O–H groups in total. The third-order valence-corrected chi connectivity index (χ3v) is 7.51. The summed E-state index contributed by atoms with van der Waals surface area (Å²) in [7, 11) is 0. The summed E-state index contributed by atoms with van der Waals surface area (Å²) in [6, 6.07) is -3.45. The van der Waals surface area contributed by atoms with Gasteiger partial charge in [-0.15, -0.1) is 0 Å². The minimum absolute atomic E-state index is 0.0101. The lowest BCUT2D eigenvalue weighted by atomic mass is 9.83. The second kappa shape index (κ2) is 14.3. The molecule has 1 amide bonds.